The molecular formula is C13H12ClN3O. The molecule has 0 bridgehead atoms. The lowest BCUT2D eigenvalue weighted by Gasteiger charge is -2.07. The molecule has 0 aliphatic rings. The van der Waals surface area contributed by atoms with Gasteiger partial charge in [-0.15, -0.1) is 0 Å². The molecule has 0 saturated carbocycles. The topological polar surface area (TPSA) is 54.0 Å². The quantitative estimate of drug-likeness (QED) is 0.890. The van der Waals surface area contributed by atoms with Gasteiger partial charge in [-0.05, 0) is 30.3 Å². The van der Waals surface area contributed by atoms with E-state index in [1.54, 1.807) is 12.3 Å². The first-order valence-corrected chi connectivity index (χ1v) is 5.77. The number of amides is 1. The lowest BCUT2D eigenvalue weighted by Crippen LogP contribution is -2.07. The van der Waals surface area contributed by atoms with Crippen molar-refractivity contribution in [3.05, 3.63) is 47.6 Å². The van der Waals surface area contributed by atoms with Gasteiger partial charge in [0, 0.05) is 17.6 Å². The highest BCUT2D eigenvalue weighted by atomic mass is 35.5. The summed E-state index contributed by atoms with van der Waals surface area (Å²) in [6.07, 6.45) is 1.65. The first-order valence-electron chi connectivity index (χ1n) is 5.40. The Balaban J connectivity index is 2.08. The van der Waals surface area contributed by atoms with Crippen LogP contribution in [0.2, 0.25) is 5.02 Å². The summed E-state index contributed by atoms with van der Waals surface area (Å²) < 4.78 is 0. The van der Waals surface area contributed by atoms with Gasteiger partial charge in [-0.1, -0.05) is 17.7 Å². The summed E-state index contributed by atoms with van der Waals surface area (Å²) in [6, 6.07) is 11.0. The van der Waals surface area contributed by atoms with Crippen LogP contribution in [-0.2, 0) is 4.79 Å². The second-order valence-corrected chi connectivity index (χ2v) is 4.19. The smallest absolute Gasteiger partial charge is 0.222 e. The van der Waals surface area contributed by atoms with Crippen LogP contribution in [-0.4, -0.2) is 10.9 Å². The van der Waals surface area contributed by atoms with Crippen LogP contribution in [0.1, 0.15) is 6.92 Å². The molecular weight excluding hydrogens is 250 g/mol. The van der Waals surface area contributed by atoms with Crippen LogP contribution >= 0.6 is 11.6 Å². The minimum absolute atomic E-state index is 0.141. The Kier molecular flexibility index (Phi) is 3.79. The van der Waals surface area contributed by atoms with Gasteiger partial charge in [0.1, 0.15) is 5.82 Å². The molecule has 1 amide bonds. The number of rotatable bonds is 3. The predicted octanol–water partition coefficient (Wildman–Crippen LogP) is 3.44. The van der Waals surface area contributed by atoms with Crippen LogP contribution in [0.3, 0.4) is 0 Å². The highest BCUT2D eigenvalue weighted by Gasteiger charge is 1.99. The molecule has 1 aromatic carbocycles. The third-order valence-electron chi connectivity index (χ3n) is 2.18. The lowest BCUT2D eigenvalue weighted by molar-refractivity contribution is -0.114. The fourth-order valence-corrected chi connectivity index (χ4v) is 1.65. The summed E-state index contributed by atoms with van der Waals surface area (Å²) >= 11 is 5.89. The van der Waals surface area contributed by atoms with Crippen molar-refractivity contribution in [2.45, 2.75) is 6.92 Å². The number of hydrogen-bond donors (Lipinski definition) is 2. The Morgan fingerprint density at radius 1 is 1.22 bits per heavy atom. The van der Waals surface area contributed by atoms with Crippen LogP contribution < -0.4 is 10.6 Å². The summed E-state index contributed by atoms with van der Waals surface area (Å²) in [5.74, 6) is 0.386. The highest BCUT2D eigenvalue weighted by molar-refractivity contribution is 6.30. The zero-order chi connectivity index (χ0) is 13.0. The monoisotopic (exact) mass is 261 g/mol. The normalized spacial score (nSPS) is 9.89. The Labute approximate surface area is 110 Å². The van der Waals surface area contributed by atoms with Crippen molar-refractivity contribution in [2.24, 2.45) is 0 Å². The van der Waals surface area contributed by atoms with E-state index in [1.807, 2.05) is 30.3 Å². The van der Waals surface area contributed by atoms with Gasteiger partial charge in [0.2, 0.25) is 5.91 Å². The molecule has 0 aliphatic carbocycles. The largest absolute Gasteiger partial charge is 0.354 e. The number of pyridine rings is 1. The Hall–Kier alpha value is -2.07. The average molecular weight is 262 g/mol. The molecule has 2 aromatic rings. The molecule has 2 N–H and O–H groups in total. The zero-order valence-electron chi connectivity index (χ0n) is 9.77. The van der Waals surface area contributed by atoms with Crippen molar-refractivity contribution in [3.8, 4) is 0 Å². The fourth-order valence-electron chi connectivity index (χ4n) is 1.46. The van der Waals surface area contributed by atoms with E-state index in [0.29, 0.717) is 10.8 Å². The molecule has 18 heavy (non-hydrogen) atoms. The molecule has 0 saturated heterocycles. The average Bonchev–Trinajstić information content (AvgIpc) is 2.31. The second kappa shape index (κ2) is 5.51. The third-order valence-corrected chi connectivity index (χ3v) is 2.42. The van der Waals surface area contributed by atoms with Gasteiger partial charge in [-0.25, -0.2) is 4.98 Å². The van der Waals surface area contributed by atoms with Crippen LogP contribution in [0, 0.1) is 0 Å². The van der Waals surface area contributed by atoms with Crippen LogP contribution in [0.5, 0.6) is 0 Å². The molecule has 0 atom stereocenters. The molecule has 0 spiro atoms. The van der Waals surface area contributed by atoms with E-state index in [-0.39, 0.29) is 5.91 Å². The molecule has 1 aromatic heterocycles. The minimum Gasteiger partial charge on any atom is -0.354 e. The van der Waals surface area contributed by atoms with Gasteiger partial charge >= 0.3 is 0 Å². The van der Waals surface area contributed by atoms with Gasteiger partial charge in [-0.2, -0.15) is 0 Å². The second-order valence-electron chi connectivity index (χ2n) is 3.75. The molecule has 4 nitrogen and oxygen atoms in total. The predicted molar refractivity (Wildman–Crippen MR) is 73.3 cm³/mol. The van der Waals surface area contributed by atoms with Crippen molar-refractivity contribution in [1.29, 1.82) is 0 Å². The number of halogens is 1. The number of carbonyl (C=O) groups is 1. The van der Waals surface area contributed by atoms with E-state index >= 15 is 0 Å². The SMILES string of the molecule is CC(=O)Nc1ccc(Nc2cccc(Cl)c2)cn1. The van der Waals surface area contributed by atoms with E-state index in [0.717, 1.165) is 11.4 Å². The summed E-state index contributed by atoms with van der Waals surface area (Å²) in [6.45, 7) is 1.44. The molecule has 0 radical (unpaired) electrons. The minimum atomic E-state index is -0.141. The number of carbonyl (C=O) groups excluding carboxylic acids is 1. The van der Waals surface area contributed by atoms with E-state index < -0.39 is 0 Å². The maximum atomic E-state index is 10.8. The van der Waals surface area contributed by atoms with Gasteiger partial charge in [0.25, 0.3) is 0 Å². The van der Waals surface area contributed by atoms with Gasteiger partial charge in [0.05, 0.1) is 11.9 Å². The fraction of sp³-hybridized carbons (Fsp3) is 0.0769. The number of nitrogens with zero attached hydrogens (tertiary/aromatic N) is 1. The summed E-state index contributed by atoms with van der Waals surface area (Å²) in [7, 11) is 0. The molecule has 92 valence electrons. The van der Waals surface area contributed by atoms with Gasteiger partial charge in [-0.3, -0.25) is 4.79 Å². The van der Waals surface area contributed by atoms with Gasteiger partial charge < -0.3 is 10.6 Å². The standard InChI is InChI=1S/C13H12ClN3O/c1-9(18)16-13-6-5-12(8-15-13)17-11-4-2-3-10(14)7-11/h2-8,17H,1H3,(H,15,16,18). The first-order chi connectivity index (χ1) is 8.63. The van der Waals surface area contributed by atoms with Crippen molar-refractivity contribution >= 4 is 34.7 Å². The molecule has 5 heteroatoms. The van der Waals surface area contributed by atoms with Crippen molar-refractivity contribution < 1.29 is 4.79 Å². The Bertz CT molecular complexity index is 554. The number of hydrogen-bond acceptors (Lipinski definition) is 3. The van der Waals surface area contributed by atoms with Crippen LogP contribution in [0.25, 0.3) is 0 Å². The molecule has 0 aliphatic heterocycles. The Morgan fingerprint density at radius 3 is 2.67 bits per heavy atom. The molecule has 0 fully saturated rings. The van der Waals surface area contributed by atoms with Gasteiger partial charge in [0.15, 0.2) is 0 Å². The maximum absolute atomic E-state index is 10.8. The van der Waals surface area contributed by atoms with E-state index in [2.05, 4.69) is 15.6 Å². The highest BCUT2D eigenvalue weighted by Crippen LogP contribution is 2.20. The lowest BCUT2D eigenvalue weighted by atomic mass is 10.3. The number of anilines is 3. The number of benzene rings is 1. The Morgan fingerprint density at radius 2 is 2.06 bits per heavy atom. The van der Waals surface area contributed by atoms with Crippen molar-refractivity contribution in [1.82, 2.24) is 4.98 Å². The van der Waals surface area contributed by atoms with E-state index in [9.17, 15) is 4.79 Å². The zero-order valence-corrected chi connectivity index (χ0v) is 10.5. The van der Waals surface area contributed by atoms with Crippen molar-refractivity contribution in [3.63, 3.8) is 0 Å². The molecule has 1 heterocycles. The maximum Gasteiger partial charge on any atom is 0.222 e. The van der Waals surface area contributed by atoms with E-state index in [4.69, 9.17) is 11.6 Å². The van der Waals surface area contributed by atoms with Crippen LogP contribution in [0.15, 0.2) is 42.6 Å². The van der Waals surface area contributed by atoms with Crippen molar-refractivity contribution in [2.75, 3.05) is 10.6 Å². The van der Waals surface area contributed by atoms with Crippen LogP contribution in [0.4, 0.5) is 17.2 Å². The molecule has 0 unspecified atom stereocenters. The van der Waals surface area contributed by atoms with E-state index in [1.165, 1.54) is 6.92 Å². The first kappa shape index (κ1) is 12.4. The summed E-state index contributed by atoms with van der Waals surface area (Å²) in [5.41, 5.74) is 1.71. The summed E-state index contributed by atoms with van der Waals surface area (Å²) in [4.78, 5) is 15.0. The summed E-state index contributed by atoms with van der Waals surface area (Å²) in [5, 5.41) is 6.44. The number of aromatic nitrogens is 1. The number of nitrogens with one attached hydrogen (secondary N) is 2. The third kappa shape index (κ3) is 3.46. The molecule has 2 rings (SSSR count).